The number of halogens is 1. The molecule has 0 aliphatic heterocycles. The summed E-state index contributed by atoms with van der Waals surface area (Å²) in [6, 6.07) is 7.27. The minimum absolute atomic E-state index is 0.0641. The van der Waals surface area contributed by atoms with Gasteiger partial charge in [-0.25, -0.2) is 0 Å². The van der Waals surface area contributed by atoms with Crippen molar-refractivity contribution >= 4 is 11.6 Å². The summed E-state index contributed by atoms with van der Waals surface area (Å²) in [5.74, 6) is 0. The van der Waals surface area contributed by atoms with E-state index in [1.165, 1.54) is 11.3 Å². The number of aliphatic hydroxyl groups excluding tert-OH is 1. The van der Waals surface area contributed by atoms with E-state index in [4.69, 9.17) is 11.6 Å². The highest BCUT2D eigenvalue weighted by Crippen LogP contribution is 2.21. The summed E-state index contributed by atoms with van der Waals surface area (Å²) in [4.78, 5) is 0. The third-order valence-corrected chi connectivity index (χ3v) is 4.57. The predicted octanol–water partition coefficient (Wildman–Crippen LogP) is 3.41. The second kappa shape index (κ2) is 7.95. The van der Waals surface area contributed by atoms with Crippen molar-refractivity contribution in [3.63, 3.8) is 0 Å². The van der Waals surface area contributed by atoms with Gasteiger partial charge in [-0.3, -0.25) is 4.68 Å². The summed E-state index contributed by atoms with van der Waals surface area (Å²) >= 11 is 5.90. The molecule has 1 heterocycles. The number of hydrogen-bond acceptors (Lipinski definition) is 3. The molecule has 0 bridgehead atoms. The lowest BCUT2D eigenvalue weighted by atomic mass is 10.0. The third-order valence-electron chi connectivity index (χ3n) is 4.31. The standard InChI is InChI=1S/C18H26ClN3O/c1-5-16-15(17(6-2)22(4)21-16)11-20-12(3)18(23)13-7-9-14(19)10-8-13/h7-10,12,18,20,23H,5-6,11H2,1-4H3. The van der Waals surface area contributed by atoms with E-state index in [1.54, 1.807) is 12.1 Å². The molecule has 0 saturated carbocycles. The maximum Gasteiger partial charge on any atom is 0.0940 e. The van der Waals surface area contributed by atoms with Gasteiger partial charge in [-0.1, -0.05) is 37.6 Å². The lowest BCUT2D eigenvalue weighted by Gasteiger charge is -2.21. The molecule has 0 radical (unpaired) electrons. The Hall–Kier alpha value is -1.36. The Balaban J connectivity index is 2.06. The Morgan fingerprint density at radius 2 is 1.87 bits per heavy atom. The lowest BCUT2D eigenvalue weighted by molar-refractivity contribution is 0.135. The van der Waals surface area contributed by atoms with Crippen molar-refractivity contribution in [1.29, 1.82) is 0 Å². The number of aliphatic hydroxyl groups is 1. The first kappa shape index (κ1) is 18.0. The number of nitrogens with one attached hydrogen (secondary N) is 1. The minimum Gasteiger partial charge on any atom is -0.387 e. The Kier molecular flexibility index (Phi) is 6.22. The monoisotopic (exact) mass is 335 g/mol. The zero-order chi connectivity index (χ0) is 17.0. The number of hydrogen-bond donors (Lipinski definition) is 2. The predicted molar refractivity (Wildman–Crippen MR) is 94.7 cm³/mol. The van der Waals surface area contributed by atoms with Gasteiger partial charge in [0.2, 0.25) is 0 Å². The van der Waals surface area contributed by atoms with Crippen LogP contribution in [0.3, 0.4) is 0 Å². The molecular weight excluding hydrogens is 310 g/mol. The van der Waals surface area contributed by atoms with E-state index in [9.17, 15) is 5.11 Å². The number of aromatic nitrogens is 2. The van der Waals surface area contributed by atoms with E-state index in [0.29, 0.717) is 11.6 Å². The largest absolute Gasteiger partial charge is 0.387 e. The molecular formula is C18H26ClN3O. The molecule has 1 aromatic carbocycles. The van der Waals surface area contributed by atoms with Crippen molar-refractivity contribution in [1.82, 2.24) is 15.1 Å². The smallest absolute Gasteiger partial charge is 0.0940 e. The van der Waals surface area contributed by atoms with E-state index < -0.39 is 6.10 Å². The molecule has 0 aliphatic rings. The van der Waals surface area contributed by atoms with Crippen molar-refractivity contribution in [3.05, 3.63) is 51.8 Å². The number of nitrogens with zero attached hydrogens (tertiary/aromatic N) is 2. The Morgan fingerprint density at radius 1 is 1.22 bits per heavy atom. The molecule has 2 N–H and O–H groups in total. The average molecular weight is 336 g/mol. The van der Waals surface area contributed by atoms with Gasteiger partial charge in [0.05, 0.1) is 11.8 Å². The number of rotatable bonds is 7. The third kappa shape index (κ3) is 4.14. The van der Waals surface area contributed by atoms with Crippen LogP contribution in [-0.2, 0) is 26.4 Å². The first-order valence-corrected chi connectivity index (χ1v) is 8.56. The Bertz CT molecular complexity index is 636. The fourth-order valence-corrected chi connectivity index (χ4v) is 3.04. The van der Waals surface area contributed by atoms with Crippen LogP contribution in [0, 0.1) is 0 Å². The molecule has 0 aliphatic carbocycles. The van der Waals surface area contributed by atoms with E-state index in [2.05, 4.69) is 24.3 Å². The highest BCUT2D eigenvalue weighted by molar-refractivity contribution is 6.30. The maximum absolute atomic E-state index is 10.5. The number of aryl methyl sites for hydroxylation is 2. The summed E-state index contributed by atoms with van der Waals surface area (Å²) in [5.41, 5.74) is 4.51. The Morgan fingerprint density at radius 3 is 2.43 bits per heavy atom. The first-order chi connectivity index (χ1) is 11.0. The van der Waals surface area contributed by atoms with Gasteiger partial charge in [-0.05, 0) is 37.5 Å². The highest BCUT2D eigenvalue weighted by Gasteiger charge is 2.18. The average Bonchev–Trinajstić information content (AvgIpc) is 2.87. The van der Waals surface area contributed by atoms with Gasteiger partial charge in [0.25, 0.3) is 0 Å². The molecule has 0 fully saturated rings. The summed E-state index contributed by atoms with van der Waals surface area (Å²) in [6.45, 7) is 6.97. The van der Waals surface area contributed by atoms with Gasteiger partial charge in [0.1, 0.15) is 0 Å². The van der Waals surface area contributed by atoms with E-state index >= 15 is 0 Å². The maximum atomic E-state index is 10.5. The molecule has 2 rings (SSSR count). The molecule has 126 valence electrons. The molecule has 5 heteroatoms. The van der Waals surface area contributed by atoms with Crippen LogP contribution in [0.2, 0.25) is 5.02 Å². The zero-order valence-electron chi connectivity index (χ0n) is 14.3. The Labute approximate surface area is 143 Å². The molecule has 2 unspecified atom stereocenters. The van der Waals surface area contributed by atoms with E-state index in [0.717, 1.165) is 24.1 Å². The van der Waals surface area contributed by atoms with Gasteiger partial charge in [-0.15, -0.1) is 0 Å². The molecule has 23 heavy (non-hydrogen) atoms. The number of benzene rings is 1. The quantitative estimate of drug-likeness (QED) is 0.815. The fraction of sp³-hybridized carbons (Fsp3) is 0.500. The SMILES string of the molecule is CCc1nn(C)c(CC)c1CNC(C)C(O)c1ccc(Cl)cc1. The van der Waals surface area contributed by atoms with Gasteiger partial charge < -0.3 is 10.4 Å². The summed E-state index contributed by atoms with van der Waals surface area (Å²) < 4.78 is 1.97. The summed E-state index contributed by atoms with van der Waals surface area (Å²) in [6.07, 6.45) is 1.30. The van der Waals surface area contributed by atoms with Crippen molar-refractivity contribution in [3.8, 4) is 0 Å². The van der Waals surface area contributed by atoms with Gasteiger partial charge in [-0.2, -0.15) is 5.10 Å². The van der Waals surface area contributed by atoms with Crippen LogP contribution in [0.5, 0.6) is 0 Å². The lowest BCUT2D eigenvalue weighted by Crippen LogP contribution is -2.32. The second-order valence-corrected chi connectivity index (χ2v) is 6.31. The molecule has 2 atom stereocenters. The first-order valence-electron chi connectivity index (χ1n) is 8.18. The van der Waals surface area contributed by atoms with Crippen LogP contribution in [0.25, 0.3) is 0 Å². The topological polar surface area (TPSA) is 50.1 Å². The molecule has 1 aromatic heterocycles. The second-order valence-electron chi connectivity index (χ2n) is 5.87. The van der Waals surface area contributed by atoms with Gasteiger partial charge >= 0.3 is 0 Å². The van der Waals surface area contributed by atoms with Crippen LogP contribution in [0.4, 0.5) is 0 Å². The van der Waals surface area contributed by atoms with Crippen LogP contribution in [0.15, 0.2) is 24.3 Å². The van der Waals surface area contributed by atoms with Crippen molar-refractivity contribution in [2.24, 2.45) is 7.05 Å². The van der Waals surface area contributed by atoms with Crippen LogP contribution < -0.4 is 5.32 Å². The molecule has 2 aromatic rings. The minimum atomic E-state index is -0.570. The molecule has 0 spiro atoms. The van der Waals surface area contributed by atoms with Crippen molar-refractivity contribution < 1.29 is 5.11 Å². The van der Waals surface area contributed by atoms with Crippen molar-refractivity contribution in [2.45, 2.75) is 52.3 Å². The van der Waals surface area contributed by atoms with Crippen LogP contribution >= 0.6 is 11.6 Å². The van der Waals surface area contributed by atoms with Gasteiger partial charge in [0, 0.05) is 35.9 Å². The van der Waals surface area contributed by atoms with Crippen molar-refractivity contribution in [2.75, 3.05) is 0 Å². The molecule has 4 nitrogen and oxygen atoms in total. The normalized spacial score (nSPS) is 14.0. The highest BCUT2D eigenvalue weighted by atomic mass is 35.5. The van der Waals surface area contributed by atoms with E-state index in [-0.39, 0.29) is 6.04 Å². The molecule has 0 amide bonds. The summed E-state index contributed by atoms with van der Waals surface area (Å²) in [7, 11) is 1.99. The van der Waals surface area contributed by atoms with E-state index in [1.807, 2.05) is 30.8 Å². The fourth-order valence-electron chi connectivity index (χ4n) is 2.92. The van der Waals surface area contributed by atoms with Crippen LogP contribution in [-0.4, -0.2) is 20.9 Å². The zero-order valence-corrected chi connectivity index (χ0v) is 15.1. The van der Waals surface area contributed by atoms with Crippen LogP contribution in [0.1, 0.15) is 49.4 Å². The van der Waals surface area contributed by atoms with Gasteiger partial charge in [0.15, 0.2) is 0 Å². The summed E-state index contributed by atoms with van der Waals surface area (Å²) in [5, 5.41) is 19.2. The molecule has 0 saturated heterocycles.